The lowest BCUT2D eigenvalue weighted by atomic mass is 10.2. The zero-order chi connectivity index (χ0) is 19.8. The molecule has 1 aromatic heterocycles. The first-order valence-corrected chi connectivity index (χ1v) is 8.73. The number of methoxy groups -OCH3 is 1. The Morgan fingerprint density at radius 1 is 1.04 bits per heavy atom. The highest BCUT2D eigenvalue weighted by atomic mass is 16.5. The number of anilines is 2. The predicted octanol–water partition coefficient (Wildman–Crippen LogP) is 3.27. The number of carbonyl (C=O) groups is 2. The average molecular weight is 379 g/mol. The fourth-order valence-electron chi connectivity index (χ4n) is 2.59. The van der Waals surface area contributed by atoms with Crippen LogP contribution < -0.4 is 20.7 Å². The van der Waals surface area contributed by atoms with Crippen molar-refractivity contribution in [1.29, 1.82) is 0 Å². The van der Waals surface area contributed by atoms with E-state index in [9.17, 15) is 9.59 Å². The van der Waals surface area contributed by atoms with Gasteiger partial charge in [0.2, 0.25) is 5.91 Å². The zero-order valence-corrected chi connectivity index (χ0v) is 15.4. The SMILES string of the molecule is COc1ccccc1NCC(=O)Nc1cccc(C(=O)NCc2ccco2)c1. The second kappa shape index (κ2) is 9.27. The molecule has 3 rings (SSSR count). The summed E-state index contributed by atoms with van der Waals surface area (Å²) in [5.41, 5.74) is 1.71. The highest BCUT2D eigenvalue weighted by Crippen LogP contribution is 2.22. The van der Waals surface area contributed by atoms with Gasteiger partial charge >= 0.3 is 0 Å². The highest BCUT2D eigenvalue weighted by Gasteiger charge is 2.09. The van der Waals surface area contributed by atoms with Crippen LogP contribution in [0.4, 0.5) is 11.4 Å². The number of nitrogens with one attached hydrogen (secondary N) is 3. The molecule has 0 aliphatic heterocycles. The molecule has 0 aliphatic rings. The Bertz CT molecular complexity index is 938. The molecule has 7 heteroatoms. The van der Waals surface area contributed by atoms with E-state index in [0.29, 0.717) is 29.3 Å². The van der Waals surface area contributed by atoms with Crippen LogP contribution in [-0.2, 0) is 11.3 Å². The Labute approximate surface area is 162 Å². The molecule has 0 bridgehead atoms. The fourth-order valence-corrected chi connectivity index (χ4v) is 2.59. The molecular weight excluding hydrogens is 358 g/mol. The van der Waals surface area contributed by atoms with Gasteiger partial charge in [-0.2, -0.15) is 0 Å². The van der Waals surface area contributed by atoms with Gasteiger partial charge < -0.3 is 25.1 Å². The molecular formula is C21H21N3O4. The van der Waals surface area contributed by atoms with E-state index in [1.165, 1.54) is 0 Å². The Hall–Kier alpha value is -3.74. The van der Waals surface area contributed by atoms with Gasteiger partial charge in [-0.05, 0) is 42.5 Å². The second-order valence-corrected chi connectivity index (χ2v) is 5.94. The van der Waals surface area contributed by atoms with E-state index in [2.05, 4.69) is 16.0 Å². The van der Waals surface area contributed by atoms with Crippen LogP contribution in [0.15, 0.2) is 71.3 Å². The lowest BCUT2D eigenvalue weighted by Gasteiger charge is -2.11. The maximum absolute atomic E-state index is 12.3. The van der Waals surface area contributed by atoms with Gasteiger partial charge in [-0.25, -0.2) is 0 Å². The van der Waals surface area contributed by atoms with E-state index >= 15 is 0 Å². The summed E-state index contributed by atoms with van der Waals surface area (Å²) in [6.07, 6.45) is 1.55. The number of hydrogen-bond donors (Lipinski definition) is 3. The Kier molecular flexibility index (Phi) is 6.30. The standard InChI is InChI=1S/C21H21N3O4/c1-27-19-10-3-2-9-18(19)22-14-20(25)24-16-7-4-6-15(12-16)21(26)23-13-17-8-5-11-28-17/h2-12,22H,13-14H2,1H3,(H,23,26)(H,24,25). The molecule has 0 unspecified atom stereocenters. The van der Waals surface area contributed by atoms with Gasteiger partial charge in [0, 0.05) is 11.3 Å². The minimum absolute atomic E-state index is 0.0648. The van der Waals surface area contributed by atoms with Crippen molar-refractivity contribution in [2.24, 2.45) is 0 Å². The van der Waals surface area contributed by atoms with Crippen LogP contribution in [0.1, 0.15) is 16.1 Å². The zero-order valence-electron chi connectivity index (χ0n) is 15.4. The van der Waals surface area contributed by atoms with Crippen LogP contribution in [-0.4, -0.2) is 25.5 Å². The molecule has 0 spiro atoms. The molecule has 28 heavy (non-hydrogen) atoms. The largest absolute Gasteiger partial charge is 0.495 e. The van der Waals surface area contributed by atoms with Crippen LogP contribution in [0.25, 0.3) is 0 Å². The summed E-state index contributed by atoms with van der Waals surface area (Å²) in [6.45, 7) is 0.362. The summed E-state index contributed by atoms with van der Waals surface area (Å²) in [7, 11) is 1.57. The number of benzene rings is 2. The van der Waals surface area contributed by atoms with Gasteiger partial charge in [0.25, 0.3) is 5.91 Å². The fraction of sp³-hybridized carbons (Fsp3) is 0.143. The van der Waals surface area contributed by atoms with Crippen LogP contribution >= 0.6 is 0 Å². The molecule has 2 amide bonds. The normalized spacial score (nSPS) is 10.2. The summed E-state index contributed by atoms with van der Waals surface area (Å²) in [5, 5.41) is 8.57. The van der Waals surface area contributed by atoms with Crippen LogP contribution in [0, 0.1) is 0 Å². The number of para-hydroxylation sites is 2. The summed E-state index contributed by atoms with van der Waals surface area (Å²) >= 11 is 0. The third-order valence-corrected chi connectivity index (χ3v) is 3.96. The van der Waals surface area contributed by atoms with E-state index in [1.54, 1.807) is 49.8 Å². The Morgan fingerprint density at radius 3 is 2.68 bits per heavy atom. The van der Waals surface area contributed by atoms with Crippen LogP contribution in [0.5, 0.6) is 5.75 Å². The molecule has 2 aromatic carbocycles. The predicted molar refractivity (Wildman–Crippen MR) is 106 cm³/mol. The molecule has 0 saturated heterocycles. The number of carbonyl (C=O) groups excluding carboxylic acids is 2. The van der Waals surface area contributed by atoms with Crippen molar-refractivity contribution in [3.8, 4) is 5.75 Å². The molecule has 3 aromatic rings. The van der Waals surface area contributed by atoms with E-state index < -0.39 is 0 Å². The summed E-state index contributed by atoms with van der Waals surface area (Å²) in [5.74, 6) is 0.837. The first kappa shape index (κ1) is 19.0. The minimum Gasteiger partial charge on any atom is -0.495 e. The lowest BCUT2D eigenvalue weighted by Crippen LogP contribution is -2.24. The third kappa shape index (κ3) is 5.14. The minimum atomic E-state index is -0.250. The molecule has 0 aliphatic carbocycles. The average Bonchev–Trinajstić information content (AvgIpc) is 3.24. The van der Waals surface area contributed by atoms with Gasteiger partial charge in [-0.15, -0.1) is 0 Å². The molecule has 0 saturated carbocycles. The number of amides is 2. The number of hydrogen-bond acceptors (Lipinski definition) is 5. The van der Waals surface area contributed by atoms with E-state index in [0.717, 1.165) is 5.69 Å². The molecule has 0 fully saturated rings. The number of ether oxygens (including phenoxy) is 1. The van der Waals surface area contributed by atoms with Crippen LogP contribution in [0.2, 0.25) is 0 Å². The quantitative estimate of drug-likeness (QED) is 0.559. The van der Waals surface area contributed by atoms with Gasteiger partial charge in [-0.1, -0.05) is 18.2 Å². The van der Waals surface area contributed by atoms with E-state index in [4.69, 9.17) is 9.15 Å². The summed E-state index contributed by atoms with van der Waals surface area (Å²) in [4.78, 5) is 24.5. The van der Waals surface area contributed by atoms with Crippen molar-refractivity contribution in [3.63, 3.8) is 0 Å². The smallest absolute Gasteiger partial charge is 0.251 e. The second-order valence-electron chi connectivity index (χ2n) is 5.94. The lowest BCUT2D eigenvalue weighted by molar-refractivity contribution is -0.114. The van der Waals surface area contributed by atoms with Gasteiger partial charge in [0.05, 0.1) is 32.1 Å². The van der Waals surface area contributed by atoms with Crippen molar-refractivity contribution in [3.05, 3.63) is 78.3 Å². The molecule has 7 nitrogen and oxygen atoms in total. The molecule has 0 atom stereocenters. The molecule has 1 heterocycles. The Balaban J connectivity index is 1.54. The van der Waals surface area contributed by atoms with Crippen molar-refractivity contribution >= 4 is 23.2 Å². The number of furan rings is 1. The summed E-state index contributed by atoms with van der Waals surface area (Å²) < 4.78 is 10.4. The molecule has 144 valence electrons. The topological polar surface area (TPSA) is 92.6 Å². The molecule has 0 radical (unpaired) electrons. The van der Waals surface area contributed by atoms with Crippen molar-refractivity contribution in [2.75, 3.05) is 24.3 Å². The van der Waals surface area contributed by atoms with E-state index in [1.807, 2.05) is 24.3 Å². The monoisotopic (exact) mass is 379 g/mol. The maximum atomic E-state index is 12.3. The van der Waals surface area contributed by atoms with Gasteiger partial charge in [0.15, 0.2) is 0 Å². The first-order valence-electron chi connectivity index (χ1n) is 8.73. The van der Waals surface area contributed by atoms with Crippen molar-refractivity contribution < 1.29 is 18.7 Å². The van der Waals surface area contributed by atoms with Crippen LogP contribution in [0.3, 0.4) is 0 Å². The van der Waals surface area contributed by atoms with E-state index in [-0.39, 0.29) is 18.4 Å². The van der Waals surface area contributed by atoms with Gasteiger partial charge in [0.1, 0.15) is 11.5 Å². The maximum Gasteiger partial charge on any atom is 0.251 e. The highest BCUT2D eigenvalue weighted by molar-refractivity contribution is 5.98. The number of rotatable bonds is 8. The molecule has 3 N–H and O–H groups in total. The van der Waals surface area contributed by atoms with Gasteiger partial charge in [-0.3, -0.25) is 9.59 Å². The third-order valence-electron chi connectivity index (χ3n) is 3.96. The Morgan fingerprint density at radius 2 is 1.89 bits per heavy atom. The first-order chi connectivity index (χ1) is 13.7. The van der Waals surface area contributed by atoms with Crippen molar-refractivity contribution in [2.45, 2.75) is 6.54 Å². The van der Waals surface area contributed by atoms with Crippen molar-refractivity contribution in [1.82, 2.24) is 5.32 Å². The summed E-state index contributed by atoms with van der Waals surface area (Å²) in [6, 6.07) is 17.6.